The van der Waals surface area contributed by atoms with Gasteiger partial charge in [0.2, 0.25) is 0 Å². The van der Waals surface area contributed by atoms with Crippen molar-refractivity contribution in [2.75, 3.05) is 11.4 Å². The fraction of sp³-hybridized carbons (Fsp3) is 0.316. The number of nitrogens with zero attached hydrogens (tertiary/aromatic N) is 2. The standard InChI is InChI=1S/C19H20N2O3/c1-11-9-12(2)14-5-4-8-21(17(14)10-11)18(22)16-7-6-15(19(23)24)13(3)20-16/h6-7,9-10H,4-5,8H2,1-3H3,(H,23,24). The molecular formula is C19H20N2O3. The molecule has 2 aromatic rings. The van der Waals surface area contributed by atoms with Crippen LogP contribution in [0.15, 0.2) is 24.3 Å². The van der Waals surface area contributed by atoms with Gasteiger partial charge in [-0.2, -0.15) is 0 Å². The third-order valence-corrected chi connectivity index (χ3v) is 4.47. The van der Waals surface area contributed by atoms with E-state index in [2.05, 4.69) is 18.0 Å². The molecule has 5 heteroatoms. The third-order valence-electron chi connectivity index (χ3n) is 4.47. The monoisotopic (exact) mass is 324 g/mol. The molecule has 1 N–H and O–H groups in total. The summed E-state index contributed by atoms with van der Waals surface area (Å²) < 4.78 is 0. The maximum Gasteiger partial charge on any atom is 0.337 e. The van der Waals surface area contributed by atoms with Gasteiger partial charge in [-0.25, -0.2) is 9.78 Å². The zero-order valence-electron chi connectivity index (χ0n) is 14.1. The highest BCUT2D eigenvalue weighted by atomic mass is 16.4. The van der Waals surface area contributed by atoms with Crippen LogP contribution >= 0.6 is 0 Å². The summed E-state index contributed by atoms with van der Waals surface area (Å²) in [6.45, 7) is 6.35. The van der Waals surface area contributed by atoms with Crippen LogP contribution in [0.4, 0.5) is 5.69 Å². The van der Waals surface area contributed by atoms with Crippen LogP contribution in [0.5, 0.6) is 0 Å². The summed E-state index contributed by atoms with van der Waals surface area (Å²) in [7, 11) is 0. The van der Waals surface area contributed by atoms with Gasteiger partial charge in [-0.3, -0.25) is 4.79 Å². The molecule has 24 heavy (non-hydrogen) atoms. The molecule has 0 atom stereocenters. The number of benzene rings is 1. The number of fused-ring (bicyclic) bond motifs is 1. The summed E-state index contributed by atoms with van der Waals surface area (Å²) in [6.07, 6.45) is 1.88. The van der Waals surface area contributed by atoms with Crippen molar-refractivity contribution in [2.24, 2.45) is 0 Å². The summed E-state index contributed by atoms with van der Waals surface area (Å²) in [4.78, 5) is 30.0. The molecule has 0 spiro atoms. The number of carboxylic acid groups (broad SMARTS) is 1. The van der Waals surface area contributed by atoms with Gasteiger partial charge in [-0.05, 0) is 68.5 Å². The van der Waals surface area contributed by atoms with E-state index < -0.39 is 5.97 Å². The maximum atomic E-state index is 12.9. The van der Waals surface area contributed by atoms with Crippen LogP contribution in [0.25, 0.3) is 0 Å². The van der Waals surface area contributed by atoms with Crippen LogP contribution in [-0.2, 0) is 6.42 Å². The Balaban J connectivity index is 2.01. The summed E-state index contributed by atoms with van der Waals surface area (Å²) in [6, 6.07) is 7.12. The average molecular weight is 324 g/mol. The molecule has 0 saturated heterocycles. The van der Waals surface area contributed by atoms with E-state index in [1.807, 2.05) is 13.0 Å². The first-order valence-corrected chi connectivity index (χ1v) is 8.01. The maximum absolute atomic E-state index is 12.9. The fourth-order valence-electron chi connectivity index (χ4n) is 3.33. The molecule has 5 nitrogen and oxygen atoms in total. The molecule has 0 saturated carbocycles. The van der Waals surface area contributed by atoms with E-state index in [1.165, 1.54) is 23.3 Å². The lowest BCUT2D eigenvalue weighted by molar-refractivity contribution is 0.0695. The first-order valence-electron chi connectivity index (χ1n) is 8.01. The Bertz CT molecular complexity index is 843. The lowest BCUT2D eigenvalue weighted by Gasteiger charge is -2.31. The van der Waals surface area contributed by atoms with Gasteiger partial charge in [0.05, 0.1) is 11.3 Å². The van der Waals surface area contributed by atoms with Crippen molar-refractivity contribution in [1.29, 1.82) is 0 Å². The lowest BCUT2D eigenvalue weighted by Crippen LogP contribution is -2.36. The number of pyridine rings is 1. The molecule has 3 rings (SSSR count). The minimum absolute atomic E-state index is 0.122. The number of aromatic carboxylic acids is 1. The van der Waals surface area contributed by atoms with Crippen molar-refractivity contribution >= 4 is 17.6 Å². The predicted octanol–water partition coefficient (Wildman–Crippen LogP) is 3.30. The van der Waals surface area contributed by atoms with Crippen LogP contribution in [0.2, 0.25) is 0 Å². The van der Waals surface area contributed by atoms with Crippen molar-refractivity contribution < 1.29 is 14.7 Å². The molecule has 0 bridgehead atoms. The van der Waals surface area contributed by atoms with Gasteiger partial charge < -0.3 is 10.0 Å². The van der Waals surface area contributed by atoms with Crippen molar-refractivity contribution in [2.45, 2.75) is 33.6 Å². The molecule has 0 unspecified atom stereocenters. The molecule has 1 aliphatic heterocycles. The Labute approximate surface area is 140 Å². The molecule has 124 valence electrons. The van der Waals surface area contributed by atoms with Crippen LogP contribution in [0, 0.1) is 20.8 Å². The van der Waals surface area contributed by atoms with Crippen LogP contribution in [0.1, 0.15) is 49.7 Å². The molecule has 2 heterocycles. The Morgan fingerprint density at radius 1 is 1.17 bits per heavy atom. The molecule has 1 aromatic carbocycles. The zero-order valence-corrected chi connectivity index (χ0v) is 14.1. The number of carbonyl (C=O) groups is 2. The van der Waals surface area contributed by atoms with Crippen molar-refractivity contribution in [1.82, 2.24) is 4.98 Å². The topological polar surface area (TPSA) is 70.5 Å². The SMILES string of the molecule is Cc1cc(C)c2c(c1)N(C(=O)c1ccc(C(=O)O)c(C)n1)CCC2. The van der Waals surface area contributed by atoms with E-state index in [0.717, 1.165) is 24.1 Å². The highest BCUT2D eigenvalue weighted by Crippen LogP contribution is 2.32. The van der Waals surface area contributed by atoms with Crippen molar-refractivity contribution in [3.05, 3.63) is 57.9 Å². The number of amides is 1. The molecule has 0 radical (unpaired) electrons. The Kier molecular flexibility index (Phi) is 4.09. The Morgan fingerprint density at radius 3 is 2.58 bits per heavy atom. The largest absolute Gasteiger partial charge is 0.478 e. The molecular weight excluding hydrogens is 304 g/mol. The average Bonchev–Trinajstić information content (AvgIpc) is 2.53. The van der Waals surface area contributed by atoms with Crippen molar-refractivity contribution in [3.8, 4) is 0 Å². The van der Waals surface area contributed by atoms with Crippen LogP contribution in [-0.4, -0.2) is 28.5 Å². The normalized spacial score (nSPS) is 13.5. The van der Waals surface area contributed by atoms with Crippen molar-refractivity contribution in [3.63, 3.8) is 0 Å². The number of rotatable bonds is 2. The van der Waals surface area contributed by atoms with E-state index in [1.54, 1.807) is 11.8 Å². The van der Waals surface area contributed by atoms with E-state index in [0.29, 0.717) is 12.2 Å². The lowest BCUT2D eigenvalue weighted by atomic mass is 9.95. The number of aryl methyl sites for hydroxylation is 3. The minimum atomic E-state index is -1.03. The third kappa shape index (κ3) is 2.77. The second-order valence-corrected chi connectivity index (χ2v) is 6.27. The molecule has 0 fully saturated rings. The summed E-state index contributed by atoms with van der Waals surface area (Å²) in [5.74, 6) is -1.21. The number of aromatic nitrogens is 1. The number of carbonyl (C=O) groups excluding carboxylic acids is 1. The highest BCUT2D eigenvalue weighted by molar-refractivity contribution is 6.06. The second-order valence-electron chi connectivity index (χ2n) is 6.27. The van der Waals surface area contributed by atoms with Gasteiger partial charge in [0, 0.05) is 12.2 Å². The summed E-state index contributed by atoms with van der Waals surface area (Å²) in [5, 5.41) is 9.10. The van der Waals surface area contributed by atoms with Gasteiger partial charge >= 0.3 is 5.97 Å². The zero-order chi connectivity index (χ0) is 17.4. The van der Waals surface area contributed by atoms with Gasteiger partial charge in [0.15, 0.2) is 0 Å². The summed E-state index contributed by atoms with van der Waals surface area (Å²) >= 11 is 0. The Hall–Kier alpha value is -2.69. The quantitative estimate of drug-likeness (QED) is 0.920. The number of hydrogen-bond donors (Lipinski definition) is 1. The molecule has 1 aromatic heterocycles. The highest BCUT2D eigenvalue weighted by Gasteiger charge is 2.26. The number of anilines is 1. The minimum Gasteiger partial charge on any atom is -0.478 e. The van der Waals surface area contributed by atoms with E-state index >= 15 is 0 Å². The summed E-state index contributed by atoms with van der Waals surface area (Å²) in [5.41, 5.74) is 5.24. The second kappa shape index (κ2) is 6.07. The van der Waals surface area contributed by atoms with E-state index in [-0.39, 0.29) is 17.2 Å². The van der Waals surface area contributed by atoms with Gasteiger partial charge in [0.25, 0.3) is 5.91 Å². The van der Waals surface area contributed by atoms with E-state index in [4.69, 9.17) is 5.11 Å². The smallest absolute Gasteiger partial charge is 0.337 e. The van der Waals surface area contributed by atoms with Gasteiger partial charge in [0.1, 0.15) is 5.69 Å². The fourth-order valence-corrected chi connectivity index (χ4v) is 3.33. The first-order chi connectivity index (χ1) is 11.4. The molecule has 1 amide bonds. The van der Waals surface area contributed by atoms with Gasteiger partial charge in [-0.15, -0.1) is 0 Å². The van der Waals surface area contributed by atoms with Crippen LogP contribution < -0.4 is 4.90 Å². The molecule has 1 aliphatic rings. The predicted molar refractivity (Wildman–Crippen MR) is 91.8 cm³/mol. The Morgan fingerprint density at radius 2 is 1.92 bits per heavy atom. The van der Waals surface area contributed by atoms with Gasteiger partial charge in [-0.1, -0.05) is 6.07 Å². The molecule has 0 aliphatic carbocycles. The number of carboxylic acids is 1. The first kappa shape index (κ1) is 16.2. The van der Waals surface area contributed by atoms with E-state index in [9.17, 15) is 9.59 Å². The van der Waals surface area contributed by atoms with Crippen LogP contribution in [0.3, 0.4) is 0 Å². The number of hydrogen-bond acceptors (Lipinski definition) is 3.